The first-order valence-corrected chi connectivity index (χ1v) is 9.95. The van der Waals surface area contributed by atoms with Crippen LogP contribution >= 0.6 is 0 Å². The van der Waals surface area contributed by atoms with Crippen molar-refractivity contribution in [3.05, 3.63) is 100 Å². The van der Waals surface area contributed by atoms with E-state index in [1.165, 1.54) is 0 Å². The van der Waals surface area contributed by atoms with Gasteiger partial charge in [-0.3, -0.25) is 14.2 Å². The number of aromatic nitrogens is 2. The maximum Gasteiger partial charge on any atom is 0.265 e. The smallest absolute Gasteiger partial charge is 0.265 e. The van der Waals surface area contributed by atoms with Crippen LogP contribution in [0, 0.1) is 6.92 Å². The van der Waals surface area contributed by atoms with Crippen molar-refractivity contribution < 1.29 is 4.79 Å². The Labute approximate surface area is 175 Å². The number of carbonyl (C=O) groups is 1. The van der Waals surface area contributed by atoms with Gasteiger partial charge in [-0.2, -0.15) is 0 Å². The number of anilines is 1. The Hall–Kier alpha value is -3.73. The van der Waals surface area contributed by atoms with E-state index in [9.17, 15) is 9.59 Å². The molecule has 0 atom stereocenters. The highest BCUT2D eigenvalue weighted by molar-refractivity contribution is 6.04. The second-order valence-corrected chi connectivity index (χ2v) is 7.56. The number of fused-ring (bicyclic) bond motifs is 1. The molecule has 0 unspecified atom stereocenters. The number of nitrogens with one attached hydrogen (secondary N) is 1. The molecule has 4 rings (SSSR count). The molecular formula is C25H23N3O2. The highest BCUT2D eigenvalue weighted by Crippen LogP contribution is 2.24. The van der Waals surface area contributed by atoms with Gasteiger partial charge in [0.15, 0.2) is 0 Å². The van der Waals surface area contributed by atoms with Gasteiger partial charge in [0.25, 0.3) is 11.5 Å². The van der Waals surface area contributed by atoms with Gasteiger partial charge in [-0.15, -0.1) is 0 Å². The standard InChI is InChI=1S/C25H23N3O2/c1-16(2)20-8-4-6-10-22(20)27-24(29)18-12-14-19(15-13-18)28-17(3)26-23-11-7-5-9-21(23)25(28)30/h4-16H,1-3H3,(H,27,29). The van der Waals surface area contributed by atoms with Crippen molar-refractivity contribution in [2.75, 3.05) is 5.32 Å². The molecule has 1 amide bonds. The second-order valence-electron chi connectivity index (χ2n) is 7.56. The zero-order valence-electron chi connectivity index (χ0n) is 17.2. The number of hydrogen-bond donors (Lipinski definition) is 1. The van der Waals surface area contributed by atoms with Crippen LogP contribution in [0.15, 0.2) is 77.6 Å². The summed E-state index contributed by atoms with van der Waals surface area (Å²) in [5.74, 6) is 0.719. The molecule has 4 aromatic rings. The Morgan fingerprint density at radius 1 is 0.933 bits per heavy atom. The lowest BCUT2D eigenvalue weighted by molar-refractivity contribution is 0.102. The molecule has 30 heavy (non-hydrogen) atoms. The summed E-state index contributed by atoms with van der Waals surface area (Å²) in [6.45, 7) is 5.99. The van der Waals surface area contributed by atoms with Gasteiger partial charge in [0.05, 0.1) is 16.6 Å². The monoisotopic (exact) mass is 397 g/mol. The van der Waals surface area contributed by atoms with Gasteiger partial charge in [0.2, 0.25) is 0 Å². The van der Waals surface area contributed by atoms with Crippen LogP contribution in [0.2, 0.25) is 0 Å². The minimum atomic E-state index is -0.185. The number of rotatable bonds is 4. The molecule has 5 heteroatoms. The van der Waals surface area contributed by atoms with E-state index in [4.69, 9.17) is 0 Å². The number of hydrogen-bond acceptors (Lipinski definition) is 3. The van der Waals surface area contributed by atoms with Crippen LogP contribution in [-0.2, 0) is 0 Å². The maximum atomic E-state index is 13.0. The van der Waals surface area contributed by atoms with Crippen LogP contribution in [0.5, 0.6) is 0 Å². The summed E-state index contributed by atoms with van der Waals surface area (Å²) in [4.78, 5) is 30.2. The normalized spacial score (nSPS) is 11.1. The Morgan fingerprint density at radius 2 is 1.60 bits per heavy atom. The fourth-order valence-corrected chi connectivity index (χ4v) is 3.62. The van der Waals surface area contributed by atoms with Gasteiger partial charge in [0, 0.05) is 11.3 Å². The Balaban J connectivity index is 1.65. The van der Waals surface area contributed by atoms with Crippen molar-refractivity contribution in [3.63, 3.8) is 0 Å². The van der Waals surface area contributed by atoms with Crippen molar-refractivity contribution >= 4 is 22.5 Å². The third kappa shape index (κ3) is 3.62. The van der Waals surface area contributed by atoms with Gasteiger partial charge in [0.1, 0.15) is 5.82 Å². The van der Waals surface area contributed by atoms with Gasteiger partial charge < -0.3 is 5.32 Å². The predicted molar refractivity (Wildman–Crippen MR) is 121 cm³/mol. The Morgan fingerprint density at radius 3 is 2.33 bits per heavy atom. The summed E-state index contributed by atoms with van der Waals surface area (Å²) in [7, 11) is 0. The lowest BCUT2D eigenvalue weighted by Gasteiger charge is -2.14. The summed E-state index contributed by atoms with van der Waals surface area (Å²) in [5.41, 5.74) is 3.66. The summed E-state index contributed by atoms with van der Waals surface area (Å²) in [6, 6.07) is 22.1. The molecule has 3 aromatic carbocycles. The van der Waals surface area contributed by atoms with E-state index in [0.29, 0.717) is 33.9 Å². The van der Waals surface area contributed by atoms with E-state index in [1.54, 1.807) is 41.8 Å². The topological polar surface area (TPSA) is 64.0 Å². The molecule has 0 bridgehead atoms. The average molecular weight is 397 g/mol. The average Bonchev–Trinajstić information content (AvgIpc) is 2.74. The first-order chi connectivity index (χ1) is 14.5. The number of benzene rings is 3. The third-order valence-corrected chi connectivity index (χ3v) is 5.16. The molecule has 0 saturated heterocycles. The first kappa shape index (κ1) is 19.6. The summed E-state index contributed by atoms with van der Waals surface area (Å²) in [6.07, 6.45) is 0. The van der Waals surface area contributed by atoms with Crippen molar-refractivity contribution in [1.82, 2.24) is 9.55 Å². The highest BCUT2D eigenvalue weighted by Gasteiger charge is 2.13. The van der Waals surface area contributed by atoms with E-state index in [-0.39, 0.29) is 11.5 Å². The molecular weight excluding hydrogens is 374 g/mol. The minimum absolute atomic E-state index is 0.124. The van der Waals surface area contributed by atoms with Gasteiger partial charge in [-0.1, -0.05) is 44.2 Å². The number of para-hydroxylation sites is 2. The first-order valence-electron chi connectivity index (χ1n) is 9.95. The number of aryl methyl sites for hydroxylation is 1. The molecule has 0 aliphatic carbocycles. The van der Waals surface area contributed by atoms with E-state index in [2.05, 4.69) is 24.1 Å². The van der Waals surface area contributed by atoms with Gasteiger partial charge in [-0.05, 0) is 60.9 Å². The van der Waals surface area contributed by atoms with Crippen LogP contribution in [0.3, 0.4) is 0 Å². The number of amides is 1. The largest absolute Gasteiger partial charge is 0.322 e. The zero-order chi connectivity index (χ0) is 21.3. The van der Waals surface area contributed by atoms with E-state index < -0.39 is 0 Å². The molecule has 0 spiro atoms. The molecule has 1 aromatic heterocycles. The van der Waals surface area contributed by atoms with Crippen LogP contribution in [0.1, 0.15) is 41.5 Å². The van der Waals surface area contributed by atoms with E-state index >= 15 is 0 Å². The minimum Gasteiger partial charge on any atom is -0.322 e. The molecule has 5 nitrogen and oxygen atoms in total. The fraction of sp³-hybridized carbons (Fsp3) is 0.160. The molecule has 150 valence electrons. The molecule has 1 heterocycles. The predicted octanol–water partition coefficient (Wildman–Crippen LogP) is 5.07. The SMILES string of the molecule is Cc1nc2ccccc2c(=O)n1-c1ccc(C(=O)Nc2ccccc2C(C)C)cc1. The lowest BCUT2D eigenvalue weighted by Crippen LogP contribution is -2.22. The number of nitrogens with zero attached hydrogens (tertiary/aromatic N) is 2. The number of carbonyl (C=O) groups excluding carboxylic acids is 1. The van der Waals surface area contributed by atoms with Crippen molar-refractivity contribution in [2.45, 2.75) is 26.7 Å². The molecule has 0 radical (unpaired) electrons. The summed E-state index contributed by atoms with van der Waals surface area (Å²) >= 11 is 0. The van der Waals surface area contributed by atoms with Gasteiger partial charge >= 0.3 is 0 Å². The van der Waals surface area contributed by atoms with Crippen LogP contribution in [-0.4, -0.2) is 15.5 Å². The van der Waals surface area contributed by atoms with Crippen LogP contribution < -0.4 is 10.9 Å². The second kappa shape index (κ2) is 7.95. The van der Waals surface area contributed by atoms with Gasteiger partial charge in [-0.25, -0.2) is 4.98 Å². The maximum absolute atomic E-state index is 13.0. The molecule has 0 fully saturated rings. The molecule has 0 aliphatic rings. The van der Waals surface area contributed by atoms with Crippen molar-refractivity contribution in [1.29, 1.82) is 0 Å². The fourth-order valence-electron chi connectivity index (χ4n) is 3.62. The zero-order valence-corrected chi connectivity index (χ0v) is 17.2. The Bertz CT molecular complexity index is 1290. The van der Waals surface area contributed by atoms with Crippen LogP contribution in [0.4, 0.5) is 5.69 Å². The summed E-state index contributed by atoms with van der Waals surface area (Å²) in [5, 5.41) is 3.56. The molecule has 0 aliphatic heterocycles. The molecule has 0 saturated carbocycles. The van der Waals surface area contributed by atoms with Crippen LogP contribution in [0.25, 0.3) is 16.6 Å². The highest BCUT2D eigenvalue weighted by atomic mass is 16.1. The lowest BCUT2D eigenvalue weighted by atomic mass is 10.0. The van der Waals surface area contributed by atoms with E-state index in [0.717, 1.165) is 11.3 Å². The quantitative estimate of drug-likeness (QED) is 0.523. The van der Waals surface area contributed by atoms with Crippen molar-refractivity contribution in [3.8, 4) is 5.69 Å². The molecule has 1 N–H and O–H groups in total. The third-order valence-electron chi connectivity index (χ3n) is 5.16. The summed E-state index contributed by atoms with van der Waals surface area (Å²) < 4.78 is 1.57. The van der Waals surface area contributed by atoms with E-state index in [1.807, 2.05) is 42.5 Å². The van der Waals surface area contributed by atoms with Crippen molar-refractivity contribution in [2.24, 2.45) is 0 Å². The Kier molecular flexibility index (Phi) is 5.19.